The van der Waals surface area contributed by atoms with Crippen LogP contribution in [0, 0.1) is 5.92 Å². The van der Waals surface area contributed by atoms with Gasteiger partial charge < -0.3 is 16.2 Å². The summed E-state index contributed by atoms with van der Waals surface area (Å²) in [5.74, 6) is -0.981. The van der Waals surface area contributed by atoms with Gasteiger partial charge in [-0.15, -0.1) is 0 Å². The van der Waals surface area contributed by atoms with Crippen molar-refractivity contribution in [2.24, 2.45) is 11.7 Å². The Morgan fingerprint density at radius 3 is 2.44 bits per heavy atom. The fraction of sp³-hybridized carbons (Fsp3) is 0.846. The largest absolute Gasteiger partial charge is 0.480 e. The van der Waals surface area contributed by atoms with E-state index in [1.165, 1.54) is 6.42 Å². The molecule has 5 heteroatoms. The first kappa shape index (κ1) is 15.0. The molecule has 0 saturated heterocycles. The van der Waals surface area contributed by atoms with Crippen LogP contribution in [-0.4, -0.2) is 29.6 Å². The molecule has 1 unspecified atom stereocenters. The van der Waals surface area contributed by atoms with Crippen LogP contribution >= 0.6 is 0 Å². The zero-order valence-electron chi connectivity index (χ0n) is 10.9. The van der Waals surface area contributed by atoms with E-state index in [4.69, 9.17) is 5.73 Å². The third-order valence-corrected chi connectivity index (χ3v) is 3.56. The van der Waals surface area contributed by atoms with Gasteiger partial charge in [-0.05, 0) is 38.1 Å². The van der Waals surface area contributed by atoms with E-state index in [9.17, 15) is 14.7 Å². The summed E-state index contributed by atoms with van der Waals surface area (Å²) in [7, 11) is 0. The van der Waals surface area contributed by atoms with Crippen LogP contribution in [0.15, 0.2) is 0 Å². The summed E-state index contributed by atoms with van der Waals surface area (Å²) in [6.07, 6.45) is 7.00. The third-order valence-electron chi connectivity index (χ3n) is 3.56. The summed E-state index contributed by atoms with van der Waals surface area (Å²) < 4.78 is 0. The molecule has 0 aromatic carbocycles. The fourth-order valence-electron chi connectivity index (χ4n) is 2.52. The number of hydrogen-bond acceptors (Lipinski definition) is 3. The van der Waals surface area contributed by atoms with Crippen molar-refractivity contribution in [3.8, 4) is 0 Å². The summed E-state index contributed by atoms with van der Waals surface area (Å²) in [6.45, 7) is 0.568. The van der Waals surface area contributed by atoms with Gasteiger partial charge in [-0.1, -0.05) is 19.3 Å². The number of nitrogens with one attached hydrogen (secondary N) is 1. The van der Waals surface area contributed by atoms with E-state index in [1.807, 2.05) is 0 Å². The quantitative estimate of drug-likeness (QED) is 0.598. The van der Waals surface area contributed by atoms with Crippen molar-refractivity contribution < 1.29 is 14.7 Å². The van der Waals surface area contributed by atoms with Crippen molar-refractivity contribution in [1.82, 2.24) is 5.32 Å². The lowest BCUT2D eigenvalue weighted by atomic mass is 9.84. The number of hydrogen-bond donors (Lipinski definition) is 3. The van der Waals surface area contributed by atoms with Crippen LogP contribution in [-0.2, 0) is 9.59 Å². The second-order valence-corrected chi connectivity index (χ2v) is 5.03. The zero-order chi connectivity index (χ0) is 13.4. The zero-order valence-corrected chi connectivity index (χ0v) is 10.9. The van der Waals surface area contributed by atoms with Crippen molar-refractivity contribution in [1.29, 1.82) is 0 Å². The second-order valence-electron chi connectivity index (χ2n) is 5.03. The first-order valence-corrected chi connectivity index (χ1v) is 6.87. The average molecular weight is 256 g/mol. The van der Waals surface area contributed by atoms with E-state index < -0.39 is 12.0 Å². The Bertz CT molecular complexity index is 275. The summed E-state index contributed by atoms with van der Waals surface area (Å²) >= 11 is 0. The minimum atomic E-state index is -0.908. The number of rotatable bonds is 7. The first-order chi connectivity index (χ1) is 8.65. The average Bonchev–Trinajstić information content (AvgIpc) is 2.37. The Morgan fingerprint density at radius 1 is 1.22 bits per heavy atom. The van der Waals surface area contributed by atoms with Crippen LogP contribution in [0.1, 0.15) is 51.4 Å². The minimum Gasteiger partial charge on any atom is -0.480 e. The van der Waals surface area contributed by atoms with E-state index in [2.05, 4.69) is 5.32 Å². The molecular weight excluding hydrogens is 232 g/mol. The first-order valence-electron chi connectivity index (χ1n) is 6.87. The molecule has 0 aromatic rings. The van der Waals surface area contributed by atoms with Crippen LogP contribution in [0.5, 0.6) is 0 Å². The van der Waals surface area contributed by atoms with Crippen molar-refractivity contribution in [2.45, 2.75) is 57.4 Å². The molecule has 0 spiro atoms. The molecule has 0 heterocycles. The fourth-order valence-corrected chi connectivity index (χ4v) is 2.52. The van der Waals surface area contributed by atoms with Gasteiger partial charge in [-0.2, -0.15) is 0 Å². The Kier molecular flexibility index (Phi) is 6.72. The minimum absolute atomic E-state index is 0.0923. The number of carbonyl (C=O) groups is 2. The van der Waals surface area contributed by atoms with Gasteiger partial charge in [-0.3, -0.25) is 4.79 Å². The van der Waals surface area contributed by atoms with Gasteiger partial charge in [-0.25, -0.2) is 4.79 Å². The van der Waals surface area contributed by atoms with Crippen LogP contribution < -0.4 is 11.1 Å². The van der Waals surface area contributed by atoms with Gasteiger partial charge in [0.1, 0.15) is 6.04 Å². The molecule has 4 N–H and O–H groups in total. The lowest BCUT2D eigenvalue weighted by Gasteiger charge is -2.28. The SMILES string of the molecule is NCCCCC(=O)NC(C(=O)O)C1CCCCC1. The molecule has 0 aromatic heterocycles. The van der Waals surface area contributed by atoms with Gasteiger partial charge in [0.25, 0.3) is 0 Å². The predicted molar refractivity (Wildman–Crippen MR) is 69.0 cm³/mol. The van der Waals surface area contributed by atoms with E-state index in [-0.39, 0.29) is 11.8 Å². The highest BCUT2D eigenvalue weighted by Gasteiger charge is 2.30. The number of amides is 1. The van der Waals surface area contributed by atoms with Gasteiger partial charge >= 0.3 is 5.97 Å². The Labute approximate surface area is 108 Å². The van der Waals surface area contributed by atoms with E-state index in [0.29, 0.717) is 13.0 Å². The van der Waals surface area contributed by atoms with Crippen molar-refractivity contribution >= 4 is 11.9 Å². The highest BCUT2D eigenvalue weighted by atomic mass is 16.4. The van der Waals surface area contributed by atoms with Gasteiger partial charge in [0.15, 0.2) is 0 Å². The molecule has 0 bridgehead atoms. The lowest BCUT2D eigenvalue weighted by Crippen LogP contribution is -2.46. The van der Waals surface area contributed by atoms with Crippen molar-refractivity contribution in [2.75, 3.05) is 6.54 Å². The topological polar surface area (TPSA) is 92.4 Å². The van der Waals surface area contributed by atoms with Crippen LogP contribution in [0.4, 0.5) is 0 Å². The molecule has 0 radical (unpaired) electrons. The highest BCUT2D eigenvalue weighted by molar-refractivity contribution is 5.83. The molecule has 1 amide bonds. The monoisotopic (exact) mass is 256 g/mol. The van der Waals surface area contributed by atoms with Crippen molar-refractivity contribution in [3.05, 3.63) is 0 Å². The molecule has 104 valence electrons. The number of nitrogens with two attached hydrogens (primary N) is 1. The third kappa shape index (κ3) is 5.04. The Hall–Kier alpha value is -1.10. The van der Waals surface area contributed by atoms with E-state index in [1.54, 1.807) is 0 Å². The van der Waals surface area contributed by atoms with Crippen molar-refractivity contribution in [3.63, 3.8) is 0 Å². The molecule has 1 saturated carbocycles. The number of carbonyl (C=O) groups excluding carboxylic acids is 1. The van der Waals surface area contributed by atoms with Crippen LogP contribution in [0.2, 0.25) is 0 Å². The summed E-state index contributed by atoms with van der Waals surface area (Å²) in [5.41, 5.74) is 5.36. The summed E-state index contributed by atoms with van der Waals surface area (Å²) in [6, 6.07) is -0.712. The normalized spacial score (nSPS) is 18.3. The second kappa shape index (κ2) is 8.08. The van der Waals surface area contributed by atoms with E-state index >= 15 is 0 Å². The maximum Gasteiger partial charge on any atom is 0.326 e. The number of carboxylic acid groups (broad SMARTS) is 1. The van der Waals surface area contributed by atoms with Gasteiger partial charge in [0.2, 0.25) is 5.91 Å². The molecule has 0 aliphatic heterocycles. The van der Waals surface area contributed by atoms with Crippen LogP contribution in [0.3, 0.4) is 0 Å². The number of aliphatic carboxylic acids is 1. The maximum absolute atomic E-state index is 11.7. The Balaban J connectivity index is 2.41. The molecule has 1 aliphatic rings. The highest BCUT2D eigenvalue weighted by Crippen LogP contribution is 2.26. The molecule has 5 nitrogen and oxygen atoms in total. The molecular formula is C13H24N2O3. The maximum atomic E-state index is 11.7. The summed E-state index contributed by atoms with van der Waals surface area (Å²) in [4.78, 5) is 22.9. The van der Waals surface area contributed by atoms with Gasteiger partial charge in [0, 0.05) is 6.42 Å². The molecule has 1 fully saturated rings. The molecule has 1 atom stereocenters. The number of unbranched alkanes of at least 4 members (excludes halogenated alkanes) is 1. The molecule has 1 aliphatic carbocycles. The van der Waals surface area contributed by atoms with Crippen LogP contribution in [0.25, 0.3) is 0 Å². The number of carboxylic acids is 1. The lowest BCUT2D eigenvalue weighted by molar-refractivity contribution is -0.143. The Morgan fingerprint density at radius 2 is 1.89 bits per heavy atom. The standard InChI is InChI=1S/C13H24N2O3/c14-9-5-4-8-11(16)15-12(13(17)18)10-6-2-1-3-7-10/h10,12H,1-9,14H2,(H,15,16)(H,17,18). The predicted octanol–water partition coefficient (Wildman–Crippen LogP) is 1.27. The smallest absolute Gasteiger partial charge is 0.326 e. The summed E-state index contributed by atoms with van der Waals surface area (Å²) in [5, 5.41) is 11.9. The van der Waals surface area contributed by atoms with E-state index in [0.717, 1.165) is 38.5 Å². The molecule has 1 rings (SSSR count). The van der Waals surface area contributed by atoms with Gasteiger partial charge in [0.05, 0.1) is 0 Å². The molecule has 18 heavy (non-hydrogen) atoms.